The second kappa shape index (κ2) is 12.0. The molecular weight excluding hydrogens is 489 g/mol. The largest absolute Gasteiger partial charge is 0.490 e. The van der Waals surface area contributed by atoms with Crippen LogP contribution in [0.15, 0.2) is 60.7 Å². The van der Waals surface area contributed by atoms with E-state index in [0.29, 0.717) is 10.0 Å². The van der Waals surface area contributed by atoms with Crippen LogP contribution in [0.3, 0.4) is 0 Å². The lowest BCUT2D eigenvalue weighted by Gasteiger charge is -2.20. The van der Waals surface area contributed by atoms with Crippen molar-refractivity contribution in [2.75, 3.05) is 5.32 Å². The molecule has 0 aliphatic heterocycles. The van der Waals surface area contributed by atoms with Gasteiger partial charge >= 0.3 is 0 Å². The fourth-order valence-corrected chi connectivity index (χ4v) is 5.49. The highest BCUT2D eigenvalue weighted by atomic mass is 35.5. The number of ether oxygens (including phenoxy) is 1. The van der Waals surface area contributed by atoms with Crippen LogP contribution < -0.4 is 10.1 Å². The lowest BCUT2D eigenvalue weighted by molar-refractivity contribution is -0.114. The van der Waals surface area contributed by atoms with E-state index in [0.717, 1.165) is 72.2 Å². The van der Waals surface area contributed by atoms with Crippen molar-refractivity contribution in [3.63, 3.8) is 0 Å². The highest BCUT2D eigenvalue weighted by molar-refractivity contribution is 6.36. The molecule has 1 N–H and O–H groups in total. The van der Waals surface area contributed by atoms with Crippen LogP contribution >= 0.6 is 23.2 Å². The fraction of sp³-hybridized carbons (Fsp3) is 0.323. The van der Waals surface area contributed by atoms with Crippen LogP contribution in [0.5, 0.6) is 5.75 Å². The number of rotatable bonds is 8. The van der Waals surface area contributed by atoms with Crippen LogP contribution in [-0.4, -0.2) is 12.0 Å². The SMILES string of the molecule is CCCC(CC)Oc1ccc(C2=C(c3ccc(Cl)cc3Cl)CCCc3cc(NC(C)=O)ccc32)cc1. The molecule has 36 heavy (non-hydrogen) atoms. The molecule has 0 heterocycles. The first kappa shape index (κ1) is 26.3. The van der Waals surface area contributed by atoms with E-state index in [9.17, 15) is 4.79 Å². The smallest absolute Gasteiger partial charge is 0.221 e. The van der Waals surface area contributed by atoms with Gasteiger partial charge < -0.3 is 10.1 Å². The molecule has 1 amide bonds. The van der Waals surface area contributed by atoms with Crippen LogP contribution in [0.1, 0.15) is 75.1 Å². The molecule has 0 bridgehead atoms. The van der Waals surface area contributed by atoms with E-state index in [2.05, 4.69) is 55.6 Å². The predicted molar refractivity (Wildman–Crippen MR) is 152 cm³/mol. The molecule has 1 aliphatic rings. The molecule has 3 aromatic rings. The van der Waals surface area contributed by atoms with Crippen LogP contribution in [-0.2, 0) is 11.2 Å². The number of hydrogen-bond donors (Lipinski definition) is 1. The minimum Gasteiger partial charge on any atom is -0.490 e. The topological polar surface area (TPSA) is 38.3 Å². The molecule has 0 fully saturated rings. The summed E-state index contributed by atoms with van der Waals surface area (Å²) in [6.07, 6.45) is 6.15. The van der Waals surface area contributed by atoms with E-state index in [4.69, 9.17) is 27.9 Å². The van der Waals surface area contributed by atoms with Gasteiger partial charge in [-0.15, -0.1) is 0 Å². The average molecular weight is 523 g/mol. The van der Waals surface area contributed by atoms with Gasteiger partial charge in [0.05, 0.1) is 6.10 Å². The Hall–Kier alpha value is -2.75. The van der Waals surface area contributed by atoms with Gasteiger partial charge in [-0.1, -0.05) is 67.7 Å². The molecular formula is C31H33Cl2NO2. The van der Waals surface area contributed by atoms with Crippen LogP contribution in [0.2, 0.25) is 10.0 Å². The molecule has 3 aromatic carbocycles. The number of carbonyl (C=O) groups is 1. The summed E-state index contributed by atoms with van der Waals surface area (Å²) in [7, 11) is 0. The summed E-state index contributed by atoms with van der Waals surface area (Å²) in [5.41, 5.74) is 7.67. The van der Waals surface area contributed by atoms with E-state index < -0.39 is 0 Å². The third-order valence-electron chi connectivity index (χ3n) is 6.64. The van der Waals surface area contributed by atoms with Crippen molar-refractivity contribution in [3.8, 4) is 5.75 Å². The third-order valence-corrected chi connectivity index (χ3v) is 7.19. The second-order valence-electron chi connectivity index (χ2n) is 9.35. The zero-order valence-corrected chi connectivity index (χ0v) is 22.7. The molecule has 1 atom stereocenters. The molecule has 0 spiro atoms. The van der Waals surface area contributed by atoms with Crippen LogP contribution in [0.25, 0.3) is 11.1 Å². The first-order valence-electron chi connectivity index (χ1n) is 12.8. The number of fused-ring (bicyclic) bond motifs is 1. The molecule has 0 saturated carbocycles. The van der Waals surface area contributed by atoms with Gasteiger partial charge in [0, 0.05) is 22.7 Å². The number of anilines is 1. The van der Waals surface area contributed by atoms with Gasteiger partial charge in [-0.25, -0.2) is 0 Å². The van der Waals surface area contributed by atoms with E-state index >= 15 is 0 Å². The maximum Gasteiger partial charge on any atom is 0.221 e. The Kier molecular flexibility index (Phi) is 8.77. The lowest BCUT2D eigenvalue weighted by Crippen LogP contribution is -2.14. The van der Waals surface area contributed by atoms with E-state index in [1.54, 1.807) is 0 Å². The Morgan fingerprint density at radius 3 is 2.39 bits per heavy atom. The molecule has 4 rings (SSSR count). The number of halogens is 2. The maximum atomic E-state index is 11.7. The van der Waals surface area contributed by atoms with Crippen LogP contribution in [0, 0.1) is 0 Å². The maximum absolute atomic E-state index is 11.7. The lowest BCUT2D eigenvalue weighted by atomic mass is 9.87. The normalized spacial score (nSPS) is 14.1. The number of carbonyl (C=O) groups excluding carboxylic acids is 1. The predicted octanol–water partition coefficient (Wildman–Crippen LogP) is 9.20. The first-order valence-corrected chi connectivity index (χ1v) is 13.5. The van der Waals surface area contributed by atoms with Gasteiger partial charge in [0.15, 0.2) is 0 Å². The van der Waals surface area contributed by atoms with Gasteiger partial charge in [-0.05, 0) is 102 Å². The molecule has 0 aromatic heterocycles. The number of allylic oxidation sites excluding steroid dienone is 1. The van der Waals surface area contributed by atoms with Crippen molar-refractivity contribution in [2.24, 2.45) is 0 Å². The summed E-state index contributed by atoms with van der Waals surface area (Å²) in [6, 6.07) is 20.3. The average Bonchev–Trinajstić information content (AvgIpc) is 3.03. The van der Waals surface area contributed by atoms with E-state index in [1.165, 1.54) is 18.1 Å². The van der Waals surface area contributed by atoms with Gasteiger partial charge in [0.25, 0.3) is 0 Å². The van der Waals surface area contributed by atoms with Crippen molar-refractivity contribution < 1.29 is 9.53 Å². The minimum atomic E-state index is -0.0722. The number of hydrogen-bond acceptors (Lipinski definition) is 2. The monoisotopic (exact) mass is 521 g/mol. The Balaban J connectivity index is 1.84. The van der Waals surface area contributed by atoms with Crippen molar-refractivity contribution >= 4 is 45.9 Å². The highest BCUT2D eigenvalue weighted by Crippen LogP contribution is 2.43. The quantitative estimate of drug-likeness (QED) is 0.320. The van der Waals surface area contributed by atoms with Crippen molar-refractivity contribution in [1.82, 2.24) is 0 Å². The molecule has 0 radical (unpaired) electrons. The Morgan fingerprint density at radius 2 is 1.72 bits per heavy atom. The van der Waals surface area contributed by atoms with Crippen molar-refractivity contribution in [3.05, 3.63) is 93.0 Å². The van der Waals surface area contributed by atoms with Gasteiger partial charge in [0.2, 0.25) is 5.91 Å². The van der Waals surface area contributed by atoms with Crippen LogP contribution in [0.4, 0.5) is 5.69 Å². The first-order chi connectivity index (χ1) is 17.4. The van der Waals surface area contributed by atoms with Gasteiger partial charge in [0.1, 0.15) is 5.75 Å². The Morgan fingerprint density at radius 1 is 0.972 bits per heavy atom. The standard InChI is InChI=1S/C31H33Cl2NO2/c1-4-7-25(5-2)36-26-14-10-21(11-15-26)31-27-17-13-24(34-20(3)35)18-22(27)8-6-9-29(31)28-16-12-23(32)19-30(28)33/h10-19,25H,4-9H2,1-3H3,(H,34,35). The van der Waals surface area contributed by atoms with Crippen molar-refractivity contribution in [2.45, 2.75) is 65.4 Å². The molecule has 1 aliphatic carbocycles. The van der Waals surface area contributed by atoms with Crippen molar-refractivity contribution in [1.29, 1.82) is 0 Å². The Labute approximate surface area is 224 Å². The zero-order valence-electron chi connectivity index (χ0n) is 21.2. The third kappa shape index (κ3) is 6.14. The van der Waals surface area contributed by atoms with Gasteiger partial charge in [-0.2, -0.15) is 0 Å². The van der Waals surface area contributed by atoms with E-state index in [1.807, 2.05) is 24.3 Å². The summed E-state index contributed by atoms with van der Waals surface area (Å²) in [4.78, 5) is 11.7. The number of benzene rings is 3. The molecule has 3 nitrogen and oxygen atoms in total. The number of amides is 1. The number of nitrogens with one attached hydrogen (secondary N) is 1. The van der Waals surface area contributed by atoms with Gasteiger partial charge in [-0.3, -0.25) is 4.79 Å². The summed E-state index contributed by atoms with van der Waals surface area (Å²) >= 11 is 12.9. The summed E-state index contributed by atoms with van der Waals surface area (Å²) in [6.45, 7) is 5.88. The fourth-order valence-electron chi connectivity index (χ4n) is 4.96. The second-order valence-corrected chi connectivity index (χ2v) is 10.2. The zero-order chi connectivity index (χ0) is 25.7. The molecule has 1 unspecified atom stereocenters. The Bertz CT molecular complexity index is 1260. The number of aryl methyl sites for hydroxylation is 1. The summed E-state index contributed by atoms with van der Waals surface area (Å²) in [5.74, 6) is 0.817. The molecule has 188 valence electrons. The minimum absolute atomic E-state index is 0.0722. The summed E-state index contributed by atoms with van der Waals surface area (Å²) < 4.78 is 6.24. The summed E-state index contributed by atoms with van der Waals surface area (Å²) in [5, 5.41) is 4.20. The van der Waals surface area contributed by atoms with E-state index in [-0.39, 0.29) is 12.0 Å². The highest BCUT2D eigenvalue weighted by Gasteiger charge is 2.22. The molecule has 0 saturated heterocycles. The molecule has 5 heteroatoms.